The Bertz CT molecular complexity index is 269. The average molecular weight is 153 g/mol. The number of aryl methyl sites for hydroxylation is 1. The van der Waals surface area contributed by atoms with Crippen LogP contribution >= 0.6 is 0 Å². The fraction of sp³-hybridized carbons (Fsp3) is 0.333. The second-order valence-corrected chi connectivity index (χ2v) is 2.67. The number of hydrogen-bond acceptors (Lipinski definition) is 1. The zero-order valence-corrected chi connectivity index (χ0v) is 6.82. The van der Waals surface area contributed by atoms with Crippen LogP contribution in [-0.4, -0.2) is 0 Å². The van der Waals surface area contributed by atoms with Gasteiger partial charge in [-0.25, -0.2) is 4.39 Å². The third-order valence-electron chi connectivity index (χ3n) is 1.97. The van der Waals surface area contributed by atoms with Crippen molar-refractivity contribution in [3.63, 3.8) is 0 Å². The Morgan fingerprint density at radius 1 is 1.36 bits per heavy atom. The first kappa shape index (κ1) is 8.21. The van der Waals surface area contributed by atoms with E-state index in [2.05, 4.69) is 0 Å². The Kier molecular flexibility index (Phi) is 2.25. The molecule has 0 unspecified atom stereocenters. The lowest BCUT2D eigenvalue weighted by Gasteiger charge is -2.06. The molecule has 2 heteroatoms. The van der Waals surface area contributed by atoms with E-state index in [9.17, 15) is 4.39 Å². The molecule has 0 aliphatic heterocycles. The van der Waals surface area contributed by atoms with Crippen molar-refractivity contribution in [1.82, 2.24) is 0 Å². The molecule has 0 aromatic heterocycles. The summed E-state index contributed by atoms with van der Waals surface area (Å²) in [7, 11) is 0. The van der Waals surface area contributed by atoms with E-state index in [-0.39, 0.29) is 5.82 Å². The lowest BCUT2D eigenvalue weighted by molar-refractivity contribution is 0.614. The minimum absolute atomic E-state index is 0.170. The molecule has 0 fully saturated rings. The first-order valence-electron chi connectivity index (χ1n) is 3.61. The highest BCUT2D eigenvalue weighted by Gasteiger charge is 2.04. The molecule has 0 saturated heterocycles. The zero-order valence-electron chi connectivity index (χ0n) is 6.82. The van der Waals surface area contributed by atoms with Crippen LogP contribution < -0.4 is 5.73 Å². The number of rotatable bonds is 1. The average Bonchev–Trinajstić information content (AvgIpc) is 1.99. The van der Waals surface area contributed by atoms with E-state index in [0.717, 1.165) is 11.1 Å². The van der Waals surface area contributed by atoms with Crippen LogP contribution in [0, 0.1) is 19.7 Å². The van der Waals surface area contributed by atoms with Crippen molar-refractivity contribution < 1.29 is 4.39 Å². The molecular formula is C9H12FN. The van der Waals surface area contributed by atoms with Crippen LogP contribution in [0.4, 0.5) is 4.39 Å². The highest BCUT2D eigenvalue weighted by atomic mass is 19.1. The first-order chi connectivity index (χ1) is 5.16. The van der Waals surface area contributed by atoms with Gasteiger partial charge in [0, 0.05) is 6.54 Å². The summed E-state index contributed by atoms with van der Waals surface area (Å²) in [6.07, 6.45) is 0. The van der Waals surface area contributed by atoms with E-state index < -0.39 is 0 Å². The van der Waals surface area contributed by atoms with E-state index in [0.29, 0.717) is 12.1 Å². The van der Waals surface area contributed by atoms with Crippen molar-refractivity contribution in [2.45, 2.75) is 20.4 Å². The summed E-state index contributed by atoms with van der Waals surface area (Å²) >= 11 is 0. The molecule has 0 amide bonds. The second kappa shape index (κ2) is 3.01. The summed E-state index contributed by atoms with van der Waals surface area (Å²) in [5.41, 5.74) is 8.11. The maximum atomic E-state index is 12.9. The standard InChI is InChI=1S/C9H12FN/c1-6-3-4-9(10)7(2)8(6)5-11/h3-4H,5,11H2,1-2H3. The van der Waals surface area contributed by atoms with E-state index in [1.807, 2.05) is 6.92 Å². The van der Waals surface area contributed by atoms with Gasteiger partial charge in [-0.3, -0.25) is 0 Å². The molecular weight excluding hydrogens is 141 g/mol. The van der Waals surface area contributed by atoms with Crippen LogP contribution in [0.3, 0.4) is 0 Å². The number of benzene rings is 1. The van der Waals surface area contributed by atoms with Crippen LogP contribution in [0.1, 0.15) is 16.7 Å². The maximum absolute atomic E-state index is 12.9. The molecule has 1 aromatic carbocycles. The summed E-state index contributed by atoms with van der Waals surface area (Å²) in [4.78, 5) is 0. The van der Waals surface area contributed by atoms with Gasteiger partial charge in [0.25, 0.3) is 0 Å². The normalized spacial score (nSPS) is 10.2. The molecule has 0 aliphatic carbocycles. The fourth-order valence-corrected chi connectivity index (χ4v) is 1.18. The van der Waals surface area contributed by atoms with Gasteiger partial charge >= 0.3 is 0 Å². The minimum atomic E-state index is -0.170. The minimum Gasteiger partial charge on any atom is -0.326 e. The van der Waals surface area contributed by atoms with Crippen LogP contribution in [0.2, 0.25) is 0 Å². The molecule has 2 N–H and O–H groups in total. The number of halogens is 1. The summed E-state index contributed by atoms with van der Waals surface area (Å²) in [6.45, 7) is 4.11. The third kappa shape index (κ3) is 1.40. The molecule has 60 valence electrons. The molecule has 0 aliphatic rings. The Labute approximate surface area is 66.0 Å². The SMILES string of the molecule is Cc1ccc(F)c(C)c1CN. The molecule has 0 radical (unpaired) electrons. The van der Waals surface area contributed by atoms with Gasteiger partial charge in [-0.05, 0) is 36.6 Å². The van der Waals surface area contributed by atoms with Crippen molar-refractivity contribution in [1.29, 1.82) is 0 Å². The summed E-state index contributed by atoms with van der Waals surface area (Å²) in [6, 6.07) is 3.23. The van der Waals surface area contributed by atoms with E-state index in [1.54, 1.807) is 13.0 Å². The molecule has 0 spiro atoms. The maximum Gasteiger partial charge on any atom is 0.126 e. The summed E-state index contributed by atoms with van der Waals surface area (Å²) < 4.78 is 12.9. The summed E-state index contributed by atoms with van der Waals surface area (Å²) in [5.74, 6) is -0.170. The van der Waals surface area contributed by atoms with Crippen molar-refractivity contribution >= 4 is 0 Å². The lowest BCUT2D eigenvalue weighted by atomic mass is 10.0. The Morgan fingerprint density at radius 3 is 2.45 bits per heavy atom. The Morgan fingerprint density at radius 2 is 2.00 bits per heavy atom. The largest absolute Gasteiger partial charge is 0.326 e. The lowest BCUT2D eigenvalue weighted by Crippen LogP contribution is -2.03. The van der Waals surface area contributed by atoms with Gasteiger partial charge in [0.05, 0.1) is 0 Å². The Balaban J connectivity index is 3.29. The predicted octanol–water partition coefficient (Wildman–Crippen LogP) is 1.90. The number of nitrogens with two attached hydrogens (primary N) is 1. The van der Waals surface area contributed by atoms with Crippen LogP contribution in [0.15, 0.2) is 12.1 Å². The van der Waals surface area contributed by atoms with E-state index in [4.69, 9.17) is 5.73 Å². The van der Waals surface area contributed by atoms with E-state index >= 15 is 0 Å². The smallest absolute Gasteiger partial charge is 0.126 e. The third-order valence-corrected chi connectivity index (χ3v) is 1.97. The van der Waals surface area contributed by atoms with Crippen LogP contribution in [0.5, 0.6) is 0 Å². The number of hydrogen-bond donors (Lipinski definition) is 1. The molecule has 1 nitrogen and oxygen atoms in total. The van der Waals surface area contributed by atoms with Gasteiger partial charge in [-0.15, -0.1) is 0 Å². The highest BCUT2D eigenvalue weighted by molar-refractivity contribution is 5.34. The van der Waals surface area contributed by atoms with Gasteiger partial charge in [0.1, 0.15) is 5.82 Å². The molecule has 0 bridgehead atoms. The van der Waals surface area contributed by atoms with Gasteiger partial charge in [-0.2, -0.15) is 0 Å². The Hall–Kier alpha value is -0.890. The molecule has 1 aromatic rings. The van der Waals surface area contributed by atoms with Crippen LogP contribution in [0.25, 0.3) is 0 Å². The van der Waals surface area contributed by atoms with E-state index in [1.165, 1.54) is 6.07 Å². The molecule has 0 saturated carbocycles. The van der Waals surface area contributed by atoms with Gasteiger partial charge in [0.15, 0.2) is 0 Å². The van der Waals surface area contributed by atoms with Crippen molar-refractivity contribution in [2.24, 2.45) is 5.73 Å². The topological polar surface area (TPSA) is 26.0 Å². The first-order valence-corrected chi connectivity index (χ1v) is 3.61. The quantitative estimate of drug-likeness (QED) is 0.655. The fourth-order valence-electron chi connectivity index (χ4n) is 1.18. The second-order valence-electron chi connectivity index (χ2n) is 2.67. The molecule has 1 rings (SSSR count). The summed E-state index contributed by atoms with van der Waals surface area (Å²) in [5, 5.41) is 0. The monoisotopic (exact) mass is 153 g/mol. The van der Waals surface area contributed by atoms with Gasteiger partial charge in [0.2, 0.25) is 0 Å². The molecule has 0 heterocycles. The van der Waals surface area contributed by atoms with Crippen molar-refractivity contribution in [2.75, 3.05) is 0 Å². The van der Waals surface area contributed by atoms with Gasteiger partial charge in [-0.1, -0.05) is 6.07 Å². The van der Waals surface area contributed by atoms with Crippen LogP contribution in [-0.2, 0) is 6.54 Å². The molecule has 11 heavy (non-hydrogen) atoms. The van der Waals surface area contributed by atoms with Crippen molar-refractivity contribution in [3.8, 4) is 0 Å². The molecule has 0 atom stereocenters. The van der Waals surface area contributed by atoms with Gasteiger partial charge < -0.3 is 5.73 Å². The zero-order chi connectivity index (χ0) is 8.43. The highest BCUT2D eigenvalue weighted by Crippen LogP contribution is 2.15. The van der Waals surface area contributed by atoms with Crippen molar-refractivity contribution in [3.05, 3.63) is 34.6 Å². The predicted molar refractivity (Wildman–Crippen MR) is 43.8 cm³/mol.